The monoisotopic (exact) mass is 338 g/mol. The highest BCUT2D eigenvalue weighted by molar-refractivity contribution is 7.80. The molecule has 124 valence electrons. The molecule has 0 saturated heterocycles. The first-order valence-electron chi connectivity index (χ1n) is 8.19. The van der Waals surface area contributed by atoms with Gasteiger partial charge in [0.2, 0.25) is 0 Å². The van der Waals surface area contributed by atoms with Crippen LogP contribution in [0, 0.1) is 0 Å². The van der Waals surface area contributed by atoms with Crippen LogP contribution in [0.3, 0.4) is 0 Å². The molecule has 0 bridgehead atoms. The molecule has 1 atom stereocenters. The van der Waals surface area contributed by atoms with Crippen LogP contribution in [0.25, 0.3) is 11.0 Å². The van der Waals surface area contributed by atoms with Gasteiger partial charge in [0.1, 0.15) is 11.3 Å². The van der Waals surface area contributed by atoms with E-state index in [1.807, 2.05) is 37.3 Å². The highest BCUT2D eigenvalue weighted by atomic mass is 32.1. The van der Waals surface area contributed by atoms with E-state index < -0.39 is 0 Å². The van der Waals surface area contributed by atoms with E-state index in [1.165, 1.54) is 5.56 Å². The second kappa shape index (κ2) is 7.05. The third-order valence-electron chi connectivity index (χ3n) is 4.05. The summed E-state index contributed by atoms with van der Waals surface area (Å²) < 4.78 is 5.87. The summed E-state index contributed by atoms with van der Waals surface area (Å²) in [6.07, 6.45) is 0. The molecule has 0 fully saturated rings. The number of hydrogen-bond donors (Lipinski definition) is 2. The normalized spacial score (nSPS) is 12.3. The summed E-state index contributed by atoms with van der Waals surface area (Å²) >= 11 is 5.41. The van der Waals surface area contributed by atoms with Crippen LogP contribution in [-0.4, -0.2) is 5.11 Å². The molecule has 1 heterocycles. The van der Waals surface area contributed by atoms with Crippen molar-refractivity contribution in [1.82, 2.24) is 5.32 Å². The molecule has 3 nitrogen and oxygen atoms in total. The van der Waals surface area contributed by atoms with Crippen molar-refractivity contribution >= 4 is 34.0 Å². The van der Waals surface area contributed by atoms with Crippen LogP contribution in [0.1, 0.15) is 44.1 Å². The van der Waals surface area contributed by atoms with E-state index in [2.05, 4.69) is 48.7 Å². The van der Waals surface area contributed by atoms with Crippen molar-refractivity contribution in [2.75, 3.05) is 5.32 Å². The Morgan fingerprint density at radius 1 is 1.00 bits per heavy atom. The zero-order valence-corrected chi connectivity index (χ0v) is 15.0. The Bertz CT molecular complexity index is 803. The maximum Gasteiger partial charge on any atom is 0.171 e. The number of rotatable bonds is 4. The Labute approximate surface area is 148 Å². The van der Waals surface area contributed by atoms with Crippen molar-refractivity contribution in [3.8, 4) is 0 Å². The summed E-state index contributed by atoms with van der Waals surface area (Å²) in [6.45, 7) is 6.40. The summed E-state index contributed by atoms with van der Waals surface area (Å²) in [4.78, 5) is 0. The van der Waals surface area contributed by atoms with E-state index in [0.717, 1.165) is 22.4 Å². The lowest BCUT2D eigenvalue weighted by Crippen LogP contribution is -2.30. The van der Waals surface area contributed by atoms with Gasteiger partial charge in [-0.25, -0.2) is 0 Å². The number of fused-ring (bicyclic) bond motifs is 1. The summed E-state index contributed by atoms with van der Waals surface area (Å²) in [7, 11) is 0. The van der Waals surface area contributed by atoms with E-state index in [-0.39, 0.29) is 6.04 Å². The molecule has 24 heavy (non-hydrogen) atoms. The molecule has 0 unspecified atom stereocenters. The first-order chi connectivity index (χ1) is 11.5. The summed E-state index contributed by atoms with van der Waals surface area (Å²) in [6, 6.07) is 18.4. The van der Waals surface area contributed by atoms with Crippen molar-refractivity contribution < 1.29 is 4.42 Å². The van der Waals surface area contributed by atoms with Gasteiger partial charge in [-0.15, -0.1) is 0 Å². The minimum Gasteiger partial charge on any atom is -0.459 e. The number of hydrogen-bond acceptors (Lipinski definition) is 2. The maximum atomic E-state index is 5.87. The predicted octanol–water partition coefficient (Wildman–Crippen LogP) is 5.60. The fraction of sp³-hybridized carbons (Fsp3) is 0.250. The van der Waals surface area contributed by atoms with E-state index in [0.29, 0.717) is 11.0 Å². The molecular formula is C20H22N2OS. The molecular weight excluding hydrogens is 316 g/mol. The lowest BCUT2D eigenvalue weighted by atomic mass is 10.0. The molecule has 2 aromatic carbocycles. The summed E-state index contributed by atoms with van der Waals surface area (Å²) in [5.74, 6) is 1.40. The van der Waals surface area contributed by atoms with Crippen LogP contribution < -0.4 is 10.6 Å². The quantitative estimate of drug-likeness (QED) is 0.607. The minimum atomic E-state index is -0.00710. The van der Waals surface area contributed by atoms with Crippen LogP contribution in [0.5, 0.6) is 0 Å². The molecule has 3 aromatic rings. The van der Waals surface area contributed by atoms with Gasteiger partial charge in [0.15, 0.2) is 5.11 Å². The second-order valence-electron chi connectivity index (χ2n) is 6.28. The van der Waals surface area contributed by atoms with Crippen molar-refractivity contribution in [2.24, 2.45) is 0 Å². The molecule has 0 aliphatic heterocycles. The van der Waals surface area contributed by atoms with E-state index in [4.69, 9.17) is 16.6 Å². The van der Waals surface area contributed by atoms with Gasteiger partial charge < -0.3 is 15.1 Å². The van der Waals surface area contributed by atoms with Crippen LogP contribution >= 0.6 is 12.2 Å². The number of anilines is 1. The Morgan fingerprint density at radius 3 is 2.38 bits per heavy atom. The molecule has 0 amide bonds. The van der Waals surface area contributed by atoms with Crippen LogP contribution in [0.2, 0.25) is 0 Å². The Balaban J connectivity index is 1.63. The lowest BCUT2D eigenvalue weighted by Gasteiger charge is -2.15. The van der Waals surface area contributed by atoms with Crippen molar-refractivity contribution in [3.05, 3.63) is 65.9 Å². The third-order valence-corrected chi connectivity index (χ3v) is 4.27. The highest BCUT2D eigenvalue weighted by Crippen LogP contribution is 2.23. The molecule has 4 heteroatoms. The highest BCUT2D eigenvalue weighted by Gasteiger charge is 2.12. The average Bonchev–Trinajstić information content (AvgIpc) is 2.99. The number of thiocarbonyl (C=S) groups is 1. The Hall–Kier alpha value is -2.33. The zero-order chi connectivity index (χ0) is 17.1. The Kier molecular flexibility index (Phi) is 4.86. The number of nitrogens with one attached hydrogen (secondary N) is 2. The van der Waals surface area contributed by atoms with Crippen LogP contribution in [-0.2, 0) is 0 Å². The Morgan fingerprint density at radius 2 is 1.71 bits per heavy atom. The van der Waals surface area contributed by atoms with E-state index in [9.17, 15) is 0 Å². The van der Waals surface area contributed by atoms with Crippen molar-refractivity contribution in [2.45, 2.75) is 32.7 Å². The number of benzene rings is 2. The van der Waals surface area contributed by atoms with E-state index >= 15 is 0 Å². The fourth-order valence-electron chi connectivity index (χ4n) is 2.60. The number of furan rings is 1. The predicted molar refractivity (Wildman–Crippen MR) is 105 cm³/mol. The first kappa shape index (κ1) is 16.5. The minimum absolute atomic E-state index is 0.00710. The first-order valence-corrected chi connectivity index (χ1v) is 8.59. The molecule has 0 saturated carbocycles. The second-order valence-corrected chi connectivity index (χ2v) is 6.69. The van der Waals surface area contributed by atoms with Gasteiger partial charge >= 0.3 is 0 Å². The maximum absolute atomic E-state index is 5.87. The molecule has 0 spiro atoms. The third kappa shape index (κ3) is 3.77. The largest absolute Gasteiger partial charge is 0.459 e. The molecule has 0 aliphatic rings. The van der Waals surface area contributed by atoms with Gasteiger partial charge in [0.25, 0.3) is 0 Å². The lowest BCUT2D eigenvalue weighted by molar-refractivity contribution is 0.493. The summed E-state index contributed by atoms with van der Waals surface area (Å²) in [5, 5.41) is 8.18. The standard InChI is InChI=1S/C20H22N2OS/c1-13(2)15-8-10-17(11-9-15)22-20(24)21-14(3)19-12-16-6-4-5-7-18(16)23-19/h4-14H,1-3H3,(H2,21,22,24)/t14-/m0/s1. The fourth-order valence-corrected chi connectivity index (χ4v) is 2.90. The average molecular weight is 338 g/mol. The zero-order valence-electron chi connectivity index (χ0n) is 14.2. The molecule has 0 aliphatic carbocycles. The molecule has 2 N–H and O–H groups in total. The van der Waals surface area contributed by atoms with Crippen molar-refractivity contribution in [1.29, 1.82) is 0 Å². The van der Waals surface area contributed by atoms with Gasteiger partial charge in [0, 0.05) is 11.1 Å². The van der Waals surface area contributed by atoms with Gasteiger partial charge in [-0.2, -0.15) is 0 Å². The molecule has 0 radical (unpaired) electrons. The van der Waals surface area contributed by atoms with E-state index in [1.54, 1.807) is 0 Å². The van der Waals surface area contributed by atoms with Gasteiger partial charge in [0.05, 0.1) is 6.04 Å². The number of para-hydroxylation sites is 1. The molecule has 1 aromatic heterocycles. The van der Waals surface area contributed by atoms with Crippen LogP contribution in [0.15, 0.2) is 59.0 Å². The van der Waals surface area contributed by atoms with Crippen molar-refractivity contribution in [3.63, 3.8) is 0 Å². The topological polar surface area (TPSA) is 37.2 Å². The van der Waals surface area contributed by atoms with Gasteiger partial charge in [-0.05, 0) is 54.9 Å². The summed E-state index contributed by atoms with van der Waals surface area (Å²) in [5.41, 5.74) is 3.19. The molecule has 3 rings (SSSR count). The van der Waals surface area contributed by atoms with Crippen LogP contribution in [0.4, 0.5) is 5.69 Å². The van der Waals surface area contributed by atoms with Gasteiger partial charge in [-0.3, -0.25) is 0 Å². The SMILES string of the molecule is CC(C)c1ccc(NC(=S)N[C@@H](C)c2cc3ccccc3o2)cc1. The van der Waals surface area contributed by atoms with Gasteiger partial charge in [-0.1, -0.05) is 44.2 Å². The smallest absolute Gasteiger partial charge is 0.171 e.